The standard InChI is InChI=1S/C12H17ClN2O2/c1-2-3-4-5-11(16)17-8-6-9(14)12(13)10(15)7-8/h6-7H,2-5,14-15H2,1H3. The Kier molecular flexibility index (Phi) is 5.10. The Morgan fingerprint density at radius 3 is 2.41 bits per heavy atom. The molecule has 4 nitrogen and oxygen atoms in total. The maximum atomic E-state index is 11.5. The van der Waals surface area contributed by atoms with Gasteiger partial charge in [0.25, 0.3) is 0 Å². The normalized spacial score (nSPS) is 10.2. The molecule has 0 saturated carbocycles. The maximum Gasteiger partial charge on any atom is 0.311 e. The van der Waals surface area contributed by atoms with Crippen LogP contribution in [0.2, 0.25) is 5.02 Å². The van der Waals surface area contributed by atoms with Gasteiger partial charge >= 0.3 is 5.97 Å². The number of anilines is 2. The molecule has 0 radical (unpaired) electrons. The smallest absolute Gasteiger partial charge is 0.311 e. The van der Waals surface area contributed by atoms with Crippen LogP contribution in [0.1, 0.15) is 32.6 Å². The third kappa shape index (κ3) is 4.15. The van der Waals surface area contributed by atoms with Gasteiger partial charge in [-0.2, -0.15) is 0 Å². The molecule has 17 heavy (non-hydrogen) atoms. The highest BCUT2D eigenvalue weighted by atomic mass is 35.5. The van der Waals surface area contributed by atoms with Gasteiger partial charge in [0.05, 0.1) is 16.4 Å². The molecule has 0 bridgehead atoms. The molecule has 0 atom stereocenters. The molecule has 1 rings (SSSR count). The minimum absolute atomic E-state index is 0.278. The number of nitrogens with two attached hydrogens (primary N) is 2. The summed E-state index contributed by atoms with van der Waals surface area (Å²) in [5, 5.41) is 0.288. The number of hydrogen-bond acceptors (Lipinski definition) is 4. The molecule has 0 aliphatic carbocycles. The van der Waals surface area contributed by atoms with E-state index in [2.05, 4.69) is 6.92 Å². The minimum Gasteiger partial charge on any atom is -0.426 e. The number of unbranched alkanes of at least 4 members (excludes halogenated alkanes) is 2. The van der Waals surface area contributed by atoms with Crippen LogP contribution in [0.25, 0.3) is 0 Å². The molecule has 1 aromatic rings. The van der Waals surface area contributed by atoms with Crippen LogP contribution in [0.3, 0.4) is 0 Å². The summed E-state index contributed by atoms with van der Waals surface area (Å²) in [4.78, 5) is 11.5. The average Bonchev–Trinajstić information content (AvgIpc) is 2.26. The molecule has 0 saturated heterocycles. The van der Waals surface area contributed by atoms with Gasteiger partial charge in [-0.15, -0.1) is 0 Å². The van der Waals surface area contributed by atoms with E-state index in [1.165, 1.54) is 12.1 Å². The predicted octanol–water partition coefficient (Wildman–Crippen LogP) is 2.99. The lowest BCUT2D eigenvalue weighted by molar-refractivity contribution is -0.134. The van der Waals surface area contributed by atoms with Crippen LogP contribution in [-0.2, 0) is 4.79 Å². The lowest BCUT2D eigenvalue weighted by Gasteiger charge is -2.08. The van der Waals surface area contributed by atoms with Crippen molar-refractivity contribution in [3.8, 4) is 5.75 Å². The molecule has 94 valence electrons. The van der Waals surface area contributed by atoms with Crippen LogP contribution in [0, 0.1) is 0 Å². The van der Waals surface area contributed by atoms with Crippen molar-refractivity contribution in [1.29, 1.82) is 0 Å². The van der Waals surface area contributed by atoms with E-state index in [1.54, 1.807) is 0 Å². The Bertz CT molecular complexity index is 384. The number of carbonyl (C=O) groups is 1. The molecular formula is C12H17ClN2O2. The molecule has 0 unspecified atom stereocenters. The van der Waals surface area contributed by atoms with E-state index in [-0.39, 0.29) is 11.0 Å². The zero-order chi connectivity index (χ0) is 12.8. The summed E-state index contributed by atoms with van der Waals surface area (Å²) in [5.41, 5.74) is 11.8. The first-order chi connectivity index (χ1) is 8.04. The Balaban J connectivity index is 2.60. The first-order valence-corrected chi connectivity index (χ1v) is 5.97. The molecule has 0 aliphatic rings. The Labute approximate surface area is 106 Å². The molecule has 5 heteroatoms. The highest BCUT2D eigenvalue weighted by molar-refractivity contribution is 6.35. The second-order valence-electron chi connectivity index (χ2n) is 3.85. The molecule has 0 heterocycles. The average molecular weight is 257 g/mol. The Morgan fingerprint density at radius 1 is 1.29 bits per heavy atom. The summed E-state index contributed by atoms with van der Waals surface area (Å²) in [6, 6.07) is 2.99. The lowest BCUT2D eigenvalue weighted by Crippen LogP contribution is -2.08. The lowest BCUT2D eigenvalue weighted by atomic mass is 10.2. The van der Waals surface area contributed by atoms with Gasteiger partial charge in [-0.1, -0.05) is 31.4 Å². The number of ether oxygens (including phenoxy) is 1. The number of hydrogen-bond donors (Lipinski definition) is 2. The topological polar surface area (TPSA) is 78.3 Å². The van der Waals surface area contributed by atoms with Crippen LogP contribution in [-0.4, -0.2) is 5.97 Å². The van der Waals surface area contributed by atoms with Gasteiger partial charge in [-0.25, -0.2) is 0 Å². The van der Waals surface area contributed by atoms with Crippen molar-refractivity contribution >= 4 is 28.9 Å². The van der Waals surface area contributed by atoms with E-state index in [4.69, 9.17) is 27.8 Å². The summed E-state index contributed by atoms with van der Waals surface area (Å²) < 4.78 is 5.12. The van der Waals surface area contributed by atoms with E-state index < -0.39 is 0 Å². The summed E-state index contributed by atoms with van der Waals surface area (Å²) in [6.45, 7) is 2.08. The Hall–Kier alpha value is -1.42. The van der Waals surface area contributed by atoms with Gasteiger partial charge in [-0.3, -0.25) is 4.79 Å². The summed E-state index contributed by atoms with van der Waals surface area (Å²) in [6.07, 6.45) is 3.30. The fraction of sp³-hybridized carbons (Fsp3) is 0.417. The monoisotopic (exact) mass is 256 g/mol. The Morgan fingerprint density at radius 2 is 1.88 bits per heavy atom. The second-order valence-corrected chi connectivity index (χ2v) is 4.22. The van der Waals surface area contributed by atoms with Crippen LogP contribution in [0.5, 0.6) is 5.75 Å². The summed E-state index contributed by atoms with van der Waals surface area (Å²) in [5.74, 6) is 0.0606. The van der Waals surface area contributed by atoms with E-state index in [0.717, 1.165) is 19.3 Å². The van der Waals surface area contributed by atoms with Crippen LogP contribution in [0.15, 0.2) is 12.1 Å². The summed E-state index contributed by atoms with van der Waals surface area (Å²) >= 11 is 5.80. The van der Waals surface area contributed by atoms with Gasteiger partial charge in [0, 0.05) is 18.6 Å². The van der Waals surface area contributed by atoms with Crippen molar-refractivity contribution in [3.05, 3.63) is 17.2 Å². The molecule has 0 aromatic heterocycles. The fourth-order valence-corrected chi connectivity index (χ4v) is 1.51. The van der Waals surface area contributed by atoms with Crippen molar-refractivity contribution < 1.29 is 9.53 Å². The SMILES string of the molecule is CCCCCC(=O)Oc1cc(N)c(Cl)c(N)c1. The molecule has 0 aliphatic heterocycles. The summed E-state index contributed by atoms with van der Waals surface area (Å²) in [7, 11) is 0. The number of halogens is 1. The first-order valence-electron chi connectivity index (χ1n) is 5.59. The molecule has 0 fully saturated rings. The number of carbonyl (C=O) groups excluding carboxylic acids is 1. The van der Waals surface area contributed by atoms with Crippen LogP contribution >= 0.6 is 11.6 Å². The highest BCUT2D eigenvalue weighted by Crippen LogP contribution is 2.31. The van der Waals surface area contributed by atoms with E-state index in [1.807, 2.05) is 0 Å². The zero-order valence-electron chi connectivity index (χ0n) is 9.83. The van der Waals surface area contributed by atoms with E-state index >= 15 is 0 Å². The van der Waals surface area contributed by atoms with Crippen LogP contribution < -0.4 is 16.2 Å². The van der Waals surface area contributed by atoms with Gasteiger partial charge in [0.15, 0.2) is 0 Å². The fourth-order valence-electron chi connectivity index (χ4n) is 1.40. The maximum absolute atomic E-state index is 11.5. The van der Waals surface area contributed by atoms with Crippen molar-refractivity contribution in [2.24, 2.45) is 0 Å². The molecule has 1 aromatic carbocycles. The number of rotatable bonds is 5. The quantitative estimate of drug-likeness (QED) is 0.367. The molecule has 0 spiro atoms. The predicted molar refractivity (Wildman–Crippen MR) is 70.1 cm³/mol. The second kappa shape index (κ2) is 6.35. The largest absolute Gasteiger partial charge is 0.426 e. The molecule has 0 amide bonds. The zero-order valence-corrected chi connectivity index (χ0v) is 10.6. The van der Waals surface area contributed by atoms with Gasteiger partial charge in [0.2, 0.25) is 0 Å². The van der Waals surface area contributed by atoms with E-state index in [0.29, 0.717) is 23.5 Å². The van der Waals surface area contributed by atoms with E-state index in [9.17, 15) is 4.79 Å². The minimum atomic E-state index is -0.278. The first kappa shape index (κ1) is 13.6. The van der Waals surface area contributed by atoms with Crippen molar-refractivity contribution in [2.45, 2.75) is 32.6 Å². The number of nitrogen functional groups attached to an aromatic ring is 2. The van der Waals surface area contributed by atoms with Crippen LogP contribution in [0.4, 0.5) is 11.4 Å². The molecule has 4 N–H and O–H groups in total. The number of esters is 1. The number of benzene rings is 1. The third-order valence-electron chi connectivity index (χ3n) is 2.32. The van der Waals surface area contributed by atoms with Crippen molar-refractivity contribution in [2.75, 3.05) is 11.5 Å². The third-order valence-corrected chi connectivity index (χ3v) is 2.75. The van der Waals surface area contributed by atoms with Gasteiger partial charge < -0.3 is 16.2 Å². The van der Waals surface area contributed by atoms with Gasteiger partial charge in [0.1, 0.15) is 5.75 Å². The highest BCUT2D eigenvalue weighted by Gasteiger charge is 2.08. The van der Waals surface area contributed by atoms with Crippen molar-refractivity contribution in [3.63, 3.8) is 0 Å². The van der Waals surface area contributed by atoms with Gasteiger partial charge in [-0.05, 0) is 6.42 Å². The molecular weight excluding hydrogens is 240 g/mol. The van der Waals surface area contributed by atoms with Crippen molar-refractivity contribution in [1.82, 2.24) is 0 Å².